The Morgan fingerprint density at radius 3 is 2.76 bits per heavy atom. The Labute approximate surface area is 128 Å². The number of likely N-dealkylation sites (tertiary alicyclic amines) is 1. The third kappa shape index (κ3) is 3.47. The second-order valence-electron chi connectivity index (χ2n) is 5.57. The minimum atomic E-state index is -1.09. The number of halogens is 1. The molecule has 0 aliphatic carbocycles. The van der Waals surface area contributed by atoms with Crippen molar-refractivity contribution >= 4 is 29.3 Å². The summed E-state index contributed by atoms with van der Waals surface area (Å²) in [6.45, 7) is 4.86. The molecule has 0 spiro atoms. The van der Waals surface area contributed by atoms with Gasteiger partial charge in [-0.2, -0.15) is 0 Å². The van der Waals surface area contributed by atoms with E-state index in [9.17, 15) is 9.59 Å². The van der Waals surface area contributed by atoms with E-state index in [0.717, 1.165) is 12.8 Å². The first-order chi connectivity index (χ1) is 9.90. The molecule has 6 heteroatoms. The molecule has 1 fully saturated rings. The van der Waals surface area contributed by atoms with E-state index >= 15 is 0 Å². The predicted octanol–water partition coefficient (Wildman–Crippen LogP) is 3.69. The fourth-order valence-electron chi connectivity index (χ4n) is 2.73. The molecule has 1 heterocycles. The summed E-state index contributed by atoms with van der Waals surface area (Å²) in [5, 5.41) is 12.2. The molecule has 2 N–H and O–H groups in total. The van der Waals surface area contributed by atoms with Gasteiger partial charge in [0.25, 0.3) is 0 Å². The molecule has 0 aromatic heterocycles. The van der Waals surface area contributed by atoms with Crippen LogP contribution >= 0.6 is 11.6 Å². The first-order valence-corrected chi connectivity index (χ1v) is 7.38. The van der Waals surface area contributed by atoms with E-state index in [1.54, 1.807) is 4.90 Å². The van der Waals surface area contributed by atoms with Gasteiger partial charge in [-0.3, -0.25) is 0 Å². The largest absolute Gasteiger partial charge is 0.478 e. The number of aromatic carboxylic acids is 1. The van der Waals surface area contributed by atoms with Crippen LogP contribution in [0.2, 0.25) is 5.02 Å². The smallest absolute Gasteiger partial charge is 0.337 e. The summed E-state index contributed by atoms with van der Waals surface area (Å²) in [4.78, 5) is 25.4. The van der Waals surface area contributed by atoms with Gasteiger partial charge in [0.05, 0.1) is 11.3 Å². The minimum absolute atomic E-state index is 0.0352. The average Bonchev–Trinajstić information content (AvgIpc) is 2.87. The molecular formula is C15H19ClN2O3. The van der Waals surface area contributed by atoms with Gasteiger partial charge in [0, 0.05) is 17.6 Å². The molecule has 1 saturated heterocycles. The molecule has 1 aliphatic heterocycles. The van der Waals surface area contributed by atoms with Gasteiger partial charge in [-0.25, -0.2) is 9.59 Å². The predicted molar refractivity (Wildman–Crippen MR) is 82.0 cm³/mol. The lowest BCUT2D eigenvalue weighted by atomic mass is 10.0. The van der Waals surface area contributed by atoms with Crippen molar-refractivity contribution < 1.29 is 14.7 Å². The van der Waals surface area contributed by atoms with Crippen molar-refractivity contribution in [1.82, 2.24) is 4.90 Å². The van der Waals surface area contributed by atoms with Crippen LogP contribution in [0.5, 0.6) is 0 Å². The normalized spacial score (nSPS) is 18.1. The van der Waals surface area contributed by atoms with E-state index in [-0.39, 0.29) is 23.3 Å². The van der Waals surface area contributed by atoms with Crippen LogP contribution in [0, 0.1) is 5.92 Å². The fourth-order valence-corrected chi connectivity index (χ4v) is 2.90. The van der Waals surface area contributed by atoms with Crippen molar-refractivity contribution in [1.29, 1.82) is 0 Å². The van der Waals surface area contributed by atoms with E-state index in [1.165, 1.54) is 18.2 Å². The molecular weight excluding hydrogens is 292 g/mol. The molecule has 0 saturated carbocycles. The highest BCUT2D eigenvalue weighted by Gasteiger charge is 2.31. The van der Waals surface area contributed by atoms with Crippen molar-refractivity contribution in [2.24, 2.45) is 5.92 Å². The van der Waals surface area contributed by atoms with Crippen LogP contribution in [-0.2, 0) is 0 Å². The number of benzene rings is 1. The van der Waals surface area contributed by atoms with E-state index in [0.29, 0.717) is 17.5 Å². The van der Waals surface area contributed by atoms with Gasteiger partial charge in [-0.1, -0.05) is 25.4 Å². The Morgan fingerprint density at radius 1 is 1.43 bits per heavy atom. The van der Waals surface area contributed by atoms with Crippen molar-refractivity contribution in [3.05, 3.63) is 28.8 Å². The molecule has 2 rings (SSSR count). The Bertz CT molecular complexity index is 560. The maximum atomic E-state index is 12.4. The van der Waals surface area contributed by atoms with Crippen molar-refractivity contribution in [2.45, 2.75) is 32.7 Å². The zero-order valence-electron chi connectivity index (χ0n) is 12.1. The lowest BCUT2D eigenvalue weighted by molar-refractivity contribution is 0.0698. The lowest BCUT2D eigenvalue weighted by Gasteiger charge is -2.28. The summed E-state index contributed by atoms with van der Waals surface area (Å²) in [5.41, 5.74) is 0.266. The maximum absolute atomic E-state index is 12.4. The van der Waals surface area contributed by atoms with Gasteiger partial charge in [-0.15, -0.1) is 0 Å². The summed E-state index contributed by atoms with van der Waals surface area (Å²) in [6.07, 6.45) is 1.95. The number of hydrogen-bond acceptors (Lipinski definition) is 2. The second kappa shape index (κ2) is 6.35. The van der Waals surface area contributed by atoms with E-state index in [1.807, 2.05) is 0 Å². The van der Waals surface area contributed by atoms with Crippen molar-refractivity contribution in [3.8, 4) is 0 Å². The van der Waals surface area contributed by atoms with Gasteiger partial charge in [0.1, 0.15) is 0 Å². The summed E-state index contributed by atoms with van der Waals surface area (Å²) >= 11 is 5.89. The lowest BCUT2D eigenvalue weighted by Crippen LogP contribution is -2.41. The second-order valence-corrected chi connectivity index (χ2v) is 6.01. The number of rotatable bonds is 3. The number of nitrogens with one attached hydrogen (secondary N) is 1. The number of carboxylic acids is 1. The zero-order valence-corrected chi connectivity index (χ0v) is 12.9. The number of carboxylic acid groups (broad SMARTS) is 1. The van der Waals surface area contributed by atoms with Crippen molar-refractivity contribution in [3.63, 3.8) is 0 Å². The SMILES string of the molecule is CC(C)C1CCCN1C(=O)Nc1cc(Cl)ccc1C(=O)O. The van der Waals surface area contributed by atoms with E-state index in [4.69, 9.17) is 16.7 Å². The van der Waals surface area contributed by atoms with Gasteiger partial charge in [0.15, 0.2) is 0 Å². The van der Waals surface area contributed by atoms with Crippen LogP contribution in [0.25, 0.3) is 0 Å². The Kier molecular flexibility index (Phi) is 4.73. The van der Waals surface area contributed by atoms with Gasteiger partial charge < -0.3 is 15.3 Å². The molecule has 5 nitrogen and oxygen atoms in total. The maximum Gasteiger partial charge on any atom is 0.337 e. The monoisotopic (exact) mass is 310 g/mol. The molecule has 1 aliphatic rings. The topological polar surface area (TPSA) is 69.6 Å². The third-order valence-corrected chi connectivity index (χ3v) is 4.02. The Balaban J connectivity index is 2.20. The number of carbonyl (C=O) groups is 2. The fraction of sp³-hybridized carbons (Fsp3) is 0.467. The average molecular weight is 311 g/mol. The zero-order chi connectivity index (χ0) is 15.6. The first kappa shape index (κ1) is 15.6. The molecule has 1 unspecified atom stereocenters. The van der Waals surface area contributed by atoms with Crippen molar-refractivity contribution in [2.75, 3.05) is 11.9 Å². The van der Waals surface area contributed by atoms with Crippen LogP contribution in [0.15, 0.2) is 18.2 Å². The van der Waals surface area contributed by atoms with Crippen LogP contribution in [0.1, 0.15) is 37.0 Å². The highest BCUT2D eigenvalue weighted by Crippen LogP contribution is 2.26. The molecule has 2 amide bonds. The Morgan fingerprint density at radius 2 is 2.14 bits per heavy atom. The van der Waals surface area contributed by atoms with E-state index in [2.05, 4.69) is 19.2 Å². The number of urea groups is 1. The molecule has 0 radical (unpaired) electrons. The van der Waals surface area contributed by atoms with Gasteiger partial charge in [0.2, 0.25) is 0 Å². The number of hydrogen-bond donors (Lipinski definition) is 2. The molecule has 1 aromatic carbocycles. The van der Waals surface area contributed by atoms with Gasteiger partial charge >= 0.3 is 12.0 Å². The minimum Gasteiger partial charge on any atom is -0.478 e. The summed E-state index contributed by atoms with van der Waals surface area (Å²) in [5.74, 6) is -0.722. The molecule has 114 valence electrons. The molecule has 21 heavy (non-hydrogen) atoms. The number of anilines is 1. The van der Waals surface area contributed by atoms with E-state index < -0.39 is 5.97 Å². The summed E-state index contributed by atoms with van der Waals surface area (Å²) in [6, 6.07) is 4.27. The molecule has 0 bridgehead atoms. The first-order valence-electron chi connectivity index (χ1n) is 7.00. The Hall–Kier alpha value is -1.75. The molecule has 1 aromatic rings. The summed E-state index contributed by atoms with van der Waals surface area (Å²) < 4.78 is 0. The molecule has 1 atom stereocenters. The van der Waals surface area contributed by atoms with Crippen LogP contribution in [0.4, 0.5) is 10.5 Å². The number of amides is 2. The van der Waals surface area contributed by atoms with Gasteiger partial charge in [-0.05, 0) is 37.0 Å². The van der Waals surface area contributed by atoms with Crippen LogP contribution in [-0.4, -0.2) is 34.6 Å². The van der Waals surface area contributed by atoms with Crippen LogP contribution in [0.3, 0.4) is 0 Å². The standard InChI is InChI=1S/C15H19ClN2O3/c1-9(2)13-4-3-7-18(13)15(21)17-12-8-10(16)5-6-11(12)14(19)20/h5-6,8-9,13H,3-4,7H2,1-2H3,(H,17,21)(H,19,20). The highest BCUT2D eigenvalue weighted by atomic mass is 35.5. The quantitative estimate of drug-likeness (QED) is 0.894. The third-order valence-electron chi connectivity index (χ3n) is 3.78. The number of nitrogens with zero attached hydrogens (tertiary/aromatic N) is 1. The highest BCUT2D eigenvalue weighted by molar-refractivity contribution is 6.31. The summed E-state index contributed by atoms with van der Waals surface area (Å²) in [7, 11) is 0. The number of carbonyl (C=O) groups excluding carboxylic acids is 1. The van der Waals surface area contributed by atoms with Crippen LogP contribution < -0.4 is 5.32 Å².